The molecular formula is C10H13NO5S. The first-order valence-electron chi connectivity index (χ1n) is 4.74. The summed E-state index contributed by atoms with van der Waals surface area (Å²) in [5.41, 5.74) is -2.00. The maximum atomic E-state index is 11.5. The van der Waals surface area contributed by atoms with Crippen LogP contribution in [0.15, 0.2) is 21.6 Å². The zero-order valence-corrected chi connectivity index (χ0v) is 10.2. The lowest BCUT2D eigenvalue weighted by molar-refractivity contribution is -0.155. The summed E-state index contributed by atoms with van der Waals surface area (Å²) >= 11 is 1.35. The molecule has 0 aliphatic rings. The minimum absolute atomic E-state index is 0.0792. The smallest absolute Gasteiger partial charge is 0.337 e. The van der Waals surface area contributed by atoms with E-state index in [1.807, 2.05) is 0 Å². The van der Waals surface area contributed by atoms with Gasteiger partial charge in [0.1, 0.15) is 0 Å². The Morgan fingerprint density at radius 1 is 1.53 bits per heavy atom. The van der Waals surface area contributed by atoms with Gasteiger partial charge in [-0.1, -0.05) is 11.8 Å². The highest BCUT2D eigenvalue weighted by Crippen LogP contribution is 2.17. The van der Waals surface area contributed by atoms with Crippen LogP contribution in [0, 0.1) is 0 Å². The van der Waals surface area contributed by atoms with Gasteiger partial charge in [0, 0.05) is 0 Å². The van der Waals surface area contributed by atoms with Gasteiger partial charge in [-0.05, 0) is 25.3 Å². The number of carboxylic acids is 1. The second-order valence-electron chi connectivity index (χ2n) is 3.58. The predicted octanol–water partition coefficient (Wildman–Crippen LogP) is 0.567. The van der Waals surface area contributed by atoms with Crippen molar-refractivity contribution in [2.24, 2.45) is 0 Å². The standard InChI is InChI=1S/C10H13NO5S/c1-10(15,9(13)14)5-11-8(12)6-3-4-7(16-6)17-2/h3-4,15H,5H2,1-2H3,(H,11,12)(H,13,14). The topological polar surface area (TPSA) is 99.8 Å². The number of furan rings is 1. The largest absolute Gasteiger partial charge is 0.479 e. The SMILES string of the molecule is CSc1ccc(C(=O)NCC(C)(O)C(=O)O)o1. The van der Waals surface area contributed by atoms with Crippen LogP contribution < -0.4 is 5.32 Å². The van der Waals surface area contributed by atoms with Crippen LogP contribution in [-0.4, -0.2) is 40.5 Å². The molecule has 1 aromatic heterocycles. The lowest BCUT2D eigenvalue weighted by Gasteiger charge is -2.17. The maximum absolute atomic E-state index is 11.5. The molecule has 1 heterocycles. The summed E-state index contributed by atoms with van der Waals surface area (Å²) in [5.74, 6) is -1.88. The Labute approximate surface area is 102 Å². The third kappa shape index (κ3) is 3.50. The number of carbonyl (C=O) groups excluding carboxylic acids is 1. The molecule has 6 nitrogen and oxygen atoms in total. The van der Waals surface area contributed by atoms with Gasteiger partial charge in [-0.3, -0.25) is 4.79 Å². The number of amides is 1. The first-order chi connectivity index (χ1) is 7.86. The molecule has 0 radical (unpaired) electrons. The Morgan fingerprint density at radius 2 is 2.18 bits per heavy atom. The minimum Gasteiger partial charge on any atom is -0.479 e. The van der Waals surface area contributed by atoms with E-state index in [0.717, 1.165) is 6.92 Å². The number of aliphatic carboxylic acids is 1. The van der Waals surface area contributed by atoms with E-state index in [1.165, 1.54) is 17.8 Å². The van der Waals surface area contributed by atoms with E-state index in [-0.39, 0.29) is 5.76 Å². The molecule has 1 amide bonds. The van der Waals surface area contributed by atoms with Crippen molar-refractivity contribution < 1.29 is 24.2 Å². The summed E-state index contributed by atoms with van der Waals surface area (Å²) in [7, 11) is 0. The van der Waals surface area contributed by atoms with E-state index in [1.54, 1.807) is 12.3 Å². The Bertz CT molecular complexity index is 426. The molecule has 0 saturated heterocycles. The van der Waals surface area contributed by atoms with E-state index in [4.69, 9.17) is 9.52 Å². The molecule has 3 N–H and O–H groups in total. The van der Waals surface area contributed by atoms with Crippen LogP contribution in [0.3, 0.4) is 0 Å². The van der Waals surface area contributed by atoms with Gasteiger partial charge in [-0.15, -0.1) is 0 Å². The molecule has 17 heavy (non-hydrogen) atoms. The maximum Gasteiger partial charge on any atom is 0.337 e. The second-order valence-corrected chi connectivity index (χ2v) is 4.40. The lowest BCUT2D eigenvalue weighted by atomic mass is 10.1. The van der Waals surface area contributed by atoms with Crippen LogP contribution in [0.1, 0.15) is 17.5 Å². The fourth-order valence-corrected chi connectivity index (χ4v) is 1.34. The van der Waals surface area contributed by atoms with Crippen molar-refractivity contribution >= 4 is 23.6 Å². The van der Waals surface area contributed by atoms with Crippen LogP contribution in [0.25, 0.3) is 0 Å². The van der Waals surface area contributed by atoms with Crippen LogP contribution >= 0.6 is 11.8 Å². The van der Waals surface area contributed by atoms with Crippen LogP contribution in [0.4, 0.5) is 0 Å². The Morgan fingerprint density at radius 3 is 2.65 bits per heavy atom. The average Bonchev–Trinajstić information content (AvgIpc) is 2.74. The molecule has 0 fully saturated rings. The summed E-state index contributed by atoms with van der Waals surface area (Å²) < 4.78 is 5.14. The van der Waals surface area contributed by atoms with Crippen molar-refractivity contribution in [1.29, 1.82) is 0 Å². The molecular weight excluding hydrogens is 246 g/mol. The molecule has 1 atom stereocenters. The highest BCUT2D eigenvalue weighted by molar-refractivity contribution is 7.98. The molecule has 1 unspecified atom stereocenters. The van der Waals surface area contributed by atoms with Gasteiger partial charge >= 0.3 is 5.97 Å². The van der Waals surface area contributed by atoms with Gasteiger partial charge < -0.3 is 19.9 Å². The van der Waals surface area contributed by atoms with Crippen molar-refractivity contribution in [2.75, 3.05) is 12.8 Å². The number of aliphatic hydroxyl groups is 1. The summed E-state index contributed by atoms with van der Waals surface area (Å²) in [6.07, 6.45) is 1.80. The van der Waals surface area contributed by atoms with Gasteiger partial charge in [0.05, 0.1) is 6.54 Å². The first-order valence-corrected chi connectivity index (χ1v) is 5.97. The van der Waals surface area contributed by atoms with E-state index >= 15 is 0 Å². The molecule has 0 spiro atoms. The Balaban J connectivity index is 2.58. The van der Waals surface area contributed by atoms with Crippen LogP contribution in [-0.2, 0) is 4.79 Å². The molecule has 0 aliphatic heterocycles. The summed E-state index contributed by atoms with van der Waals surface area (Å²) in [5, 5.41) is 20.9. The summed E-state index contributed by atoms with van der Waals surface area (Å²) in [6.45, 7) is 0.710. The molecule has 0 saturated carbocycles. The van der Waals surface area contributed by atoms with E-state index in [9.17, 15) is 14.7 Å². The first kappa shape index (κ1) is 13.6. The average molecular weight is 259 g/mol. The van der Waals surface area contributed by atoms with Gasteiger partial charge in [0.25, 0.3) is 5.91 Å². The Kier molecular flexibility index (Phi) is 4.19. The molecule has 1 aromatic rings. The highest BCUT2D eigenvalue weighted by Gasteiger charge is 2.30. The fraction of sp³-hybridized carbons (Fsp3) is 0.400. The molecule has 0 bridgehead atoms. The number of carbonyl (C=O) groups is 2. The fourth-order valence-electron chi connectivity index (χ4n) is 0.967. The molecule has 0 aromatic carbocycles. The molecule has 7 heteroatoms. The van der Waals surface area contributed by atoms with Crippen molar-refractivity contribution in [2.45, 2.75) is 17.6 Å². The monoisotopic (exact) mass is 259 g/mol. The molecule has 0 aliphatic carbocycles. The number of thioether (sulfide) groups is 1. The third-order valence-electron chi connectivity index (χ3n) is 2.06. The number of nitrogens with one attached hydrogen (secondary N) is 1. The van der Waals surface area contributed by atoms with Gasteiger partial charge in [0.2, 0.25) is 0 Å². The van der Waals surface area contributed by atoms with Crippen molar-refractivity contribution in [3.05, 3.63) is 17.9 Å². The number of hydrogen-bond donors (Lipinski definition) is 3. The van der Waals surface area contributed by atoms with Crippen molar-refractivity contribution in [1.82, 2.24) is 5.32 Å². The predicted molar refractivity (Wildman–Crippen MR) is 61.1 cm³/mol. The summed E-state index contributed by atoms with van der Waals surface area (Å²) in [6, 6.07) is 3.12. The normalized spacial score (nSPS) is 14.1. The van der Waals surface area contributed by atoms with E-state index in [0.29, 0.717) is 5.09 Å². The number of carboxylic acid groups (broad SMARTS) is 1. The van der Waals surface area contributed by atoms with Gasteiger partial charge in [-0.25, -0.2) is 4.79 Å². The quantitative estimate of drug-likeness (QED) is 0.668. The third-order valence-corrected chi connectivity index (χ3v) is 2.68. The van der Waals surface area contributed by atoms with E-state index in [2.05, 4.69) is 5.32 Å². The molecule has 1 rings (SSSR count). The Hall–Kier alpha value is -1.47. The van der Waals surface area contributed by atoms with E-state index < -0.39 is 24.0 Å². The van der Waals surface area contributed by atoms with Crippen LogP contribution in [0.2, 0.25) is 0 Å². The van der Waals surface area contributed by atoms with Crippen molar-refractivity contribution in [3.63, 3.8) is 0 Å². The number of hydrogen-bond acceptors (Lipinski definition) is 5. The lowest BCUT2D eigenvalue weighted by Crippen LogP contribution is -2.46. The van der Waals surface area contributed by atoms with Crippen molar-refractivity contribution in [3.8, 4) is 0 Å². The highest BCUT2D eigenvalue weighted by atomic mass is 32.2. The summed E-state index contributed by atoms with van der Waals surface area (Å²) in [4.78, 5) is 22.1. The zero-order valence-electron chi connectivity index (χ0n) is 9.39. The minimum atomic E-state index is -2.00. The zero-order chi connectivity index (χ0) is 13.1. The molecule has 94 valence electrons. The second kappa shape index (κ2) is 5.24. The van der Waals surface area contributed by atoms with Crippen LogP contribution in [0.5, 0.6) is 0 Å². The van der Waals surface area contributed by atoms with Gasteiger partial charge in [-0.2, -0.15) is 0 Å². The van der Waals surface area contributed by atoms with Gasteiger partial charge in [0.15, 0.2) is 16.5 Å². The number of rotatable bonds is 5.